The molecule has 0 bridgehead atoms. The maximum Gasteiger partial charge on any atom is 0.267 e. The highest BCUT2D eigenvalue weighted by Gasteiger charge is 2.29. The standard InChI is InChI=1S/C15H18N4O3/c1-9-5-14(22-17-9)18(2)8-10-3-4-13-11(6-10)7-12(16)15(20)19(13)21/h3-6,12,21H,7-8,16H2,1-2H3/t12-/m0/s1. The van der Waals surface area contributed by atoms with Crippen molar-refractivity contribution in [3.8, 4) is 0 Å². The first-order chi connectivity index (χ1) is 10.5. The predicted molar refractivity (Wildman–Crippen MR) is 80.7 cm³/mol. The molecule has 1 aliphatic rings. The minimum Gasteiger partial charge on any atom is -0.339 e. The van der Waals surface area contributed by atoms with E-state index in [1.54, 1.807) is 6.07 Å². The third-order valence-corrected chi connectivity index (χ3v) is 3.75. The summed E-state index contributed by atoms with van der Waals surface area (Å²) >= 11 is 0. The number of aryl methyl sites for hydroxylation is 1. The maximum absolute atomic E-state index is 11.7. The number of nitrogens with two attached hydrogens (primary N) is 1. The lowest BCUT2D eigenvalue weighted by Gasteiger charge is -2.28. The summed E-state index contributed by atoms with van der Waals surface area (Å²) in [6.45, 7) is 2.49. The summed E-state index contributed by atoms with van der Waals surface area (Å²) in [5.74, 6) is 0.209. The number of carbonyl (C=O) groups excluding carboxylic acids is 1. The van der Waals surface area contributed by atoms with Gasteiger partial charge in [0.15, 0.2) is 0 Å². The van der Waals surface area contributed by atoms with Crippen LogP contribution in [0.5, 0.6) is 0 Å². The number of carbonyl (C=O) groups is 1. The molecule has 3 N–H and O–H groups in total. The van der Waals surface area contributed by atoms with Crippen LogP contribution in [0, 0.1) is 6.92 Å². The van der Waals surface area contributed by atoms with Crippen molar-refractivity contribution in [2.45, 2.75) is 25.9 Å². The topological polar surface area (TPSA) is 95.8 Å². The minimum absolute atomic E-state index is 0.421. The minimum atomic E-state index is -0.706. The Hall–Kier alpha value is -2.38. The van der Waals surface area contributed by atoms with Gasteiger partial charge in [-0.2, -0.15) is 5.06 Å². The molecule has 1 atom stereocenters. The van der Waals surface area contributed by atoms with Crippen LogP contribution >= 0.6 is 0 Å². The first-order valence-electron chi connectivity index (χ1n) is 7.00. The van der Waals surface area contributed by atoms with Gasteiger partial charge in [-0.3, -0.25) is 10.0 Å². The van der Waals surface area contributed by atoms with Crippen molar-refractivity contribution in [3.05, 3.63) is 41.1 Å². The Balaban J connectivity index is 1.82. The number of hydroxylamine groups is 1. The molecule has 2 aromatic rings. The quantitative estimate of drug-likeness (QED) is 0.828. The normalized spacial score (nSPS) is 17.5. The molecule has 2 heterocycles. The Bertz CT molecular complexity index is 713. The van der Waals surface area contributed by atoms with Crippen molar-refractivity contribution in [3.63, 3.8) is 0 Å². The highest BCUT2D eigenvalue weighted by Crippen LogP contribution is 2.28. The first-order valence-corrected chi connectivity index (χ1v) is 7.00. The monoisotopic (exact) mass is 302 g/mol. The van der Waals surface area contributed by atoms with Crippen LogP contribution in [0.25, 0.3) is 0 Å². The van der Waals surface area contributed by atoms with E-state index in [0.29, 0.717) is 29.6 Å². The van der Waals surface area contributed by atoms with E-state index in [9.17, 15) is 10.0 Å². The molecule has 1 aromatic carbocycles. The second-order valence-electron chi connectivity index (χ2n) is 5.59. The molecule has 1 aromatic heterocycles. The van der Waals surface area contributed by atoms with Crippen LogP contribution in [0.1, 0.15) is 16.8 Å². The van der Waals surface area contributed by atoms with Gasteiger partial charge in [0.25, 0.3) is 5.91 Å². The molecule has 0 aliphatic carbocycles. The van der Waals surface area contributed by atoms with Gasteiger partial charge >= 0.3 is 0 Å². The number of amides is 1. The summed E-state index contributed by atoms with van der Waals surface area (Å²) in [7, 11) is 1.91. The van der Waals surface area contributed by atoms with E-state index in [-0.39, 0.29) is 0 Å². The van der Waals surface area contributed by atoms with Crippen molar-refractivity contribution in [1.82, 2.24) is 5.16 Å². The lowest BCUT2D eigenvalue weighted by atomic mass is 9.97. The Kier molecular flexibility index (Phi) is 3.59. The zero-order chi connectivity index (χ0) is 15.9. The first kappa shape index (κ1) is 14.6. The SMILES string of the molecule is Cc1cc(N(C)Cc2ccc3c(c2)C[C@H](N)C(=O)N3O)on1. The Morgan fingerprint density at radius 2 is 2.27 bits per heavy atom. The molecule has 7 heteroatoms. The summed E-state index contributed by atoms with van der Waals surface area (Å²) in [5, 5.41) is 14.3. The molecule has 3 rings (SSSR count). The number of aromatic nitrogens is 1. The Morgan fingerprint density at radius 3 is 2.95 bits per heavy atom. The zero-order valence-corrected chi connectivity index (χ0v) is 12.5. The van der Waals surface area contributed by atoms with E-state index < -0.39 is 11.9 Å². The number of nitrogens with zero attached hydrogens (tertiary/aromatic N) is 3. The van der Waals surface area contributed by atoms with Gasteiger partial charge in [-0.15, -0.1) is 0 Å². The zero-order valence-electron chi connectivity index (χ0n) is 12.5. The summed E-state index contributed by atoms with van der Waals surface area (Å²) in [6, 6.07) is 6.70. The molecular formula is C15H18N4O3. The highest BCUT2D eigenvalue weighted by atomic mass is 16.5. The molecule has 116 valence electrons. The molecular weight excluding hydrogens is 284 g/mol. The second kappa shape index (κ2) is 5.43. The van der Waals surface area contributed by atoms with Crippen LogP contribution in [0.15, 0.2) is 28.8 Å². The molecule has 0 saturated heterocycles. The summed E-state index contributed by atoms with van der Waals surface area (Å²) in [6.07, 6.45) is 0.421. The summed E-state index contributed by atoms with van der Waals surface area (Å²) < 4.78 is 5.22. The van der Waals surface area contributed by atoms with Gasteiger partial charge in [-0.25, -0.2) is 0 Å². The van der Waals surface area contributed by atoms with Crippen LogP contribution in [-0.2, 0) is 17.8 Å². The fraction of sp³-hybridized carbons (Fsp3) is 0.333. The average Bonchev–Trinajstić information content (AvgIpc) is 2.91. The highest BCUT2D eigenvalue weighted by molar-refractivity contribution is 5.98. The van der Waals surface area contributed by atoms with Crippen LogP contribution in [0.3, 0.4) is 0 Å². The number of rotatable bonds is 3. The van der Waals surface area contributed by atoms with Gasteiger partial charge in [0.1, 0.15) is 0 Å². The van der Waals surface area contributed by atoms with Gasteiger partial charge in [0.2, 0.25) is 5.88 Å². The number of hydrogen-bond donors (Lipinski definition) is 2. The third-order valence-electron chi connectivity index (χ3n) is 3.75. The van der Waals surface area contributed by atoms with E-state index >= 15 is 0 Å². The third kappa shape index (κ3) is 2.56. The van der Waals surface area contributed by atoms with E-state index in [2.05, 4.69) is 5.16 Å². The van der Waals surface area contributed by atoms with Crippen molar-refractivity contribution in [2.75, 3.05) is 17.0 Å². The van der Waals surface area contributed by atoms with Gasteiger partial charge < -0.3 is 15.2 Å². The molecule has 1 amide bonds. The number of fused-ring (bicyclic) bond motifs is 1. The lowest BCUT2D eigenvalue weighted by molar-refractivity contribution is -0.125. The Labute approximate surface area is 127 Å². The molecule has 0 radical (unpaired) electrons. The van der Waals surface area contributed by atoms with Crippen LogP contribution in [0.2, 0.25) is 0 Å². The predicted octanol–water partition coefficient (Wildman–Crippen LogP) is 1.23. The number of benzene rings is 1. The van der Waals surface area contributed by atoms with Gasteiger partial charge in [0, 0.05) is 19.7 Å². The van der Waals surface area contributed by atoms with Crippen LogP contribution in [0.4, 0.5) is 11.6 Å². The Morgan fingerprint density at radius 1 is 1.50 bits per heavy atom. The maximum atomic E-state index is 11.7. The van der Waals surface area contributed by atoms with Gasteiger partial charge in [0.05, 0.1) is 17.4 Å². The average molecular weight is 302 g/mol. The molecule has 0 spiro atoms. The van der Waals surface area contributed by atoms with Crippen molar-refractivity contribution in [2.24, 2.45) is 5.73 Å². The summed E-state index contributed by atoms with van der Waals surface area (Å²) in [4.78, 5) is 13.6. The van der Waals surface area contributed by atoms with Gasteiger partial charge in [-0.1, -0.05) is 17.3 Å². The smallest absolute Gasteiger partial charge is 0.267 e. The van der Waals surface area contributed by atoms with Crippen LogP contribution in [-0.4, -0.2) is 29.4 Å². The molecule has 0 fully saturated rings. The van der Waals surface area contributed by atoms with E-state index in [1.807, 2.05) is 37.1 Å². The molecule has 0 saturated carbocycles. The fourth-order valence-electron chi connectivity index (χ4n) is 2.59. The van der Waals surface area contributed by atoms with Crippen molar-refractivity contribution >= 4 is 17.5 Å². The van der Waals surface area contributed by atoms with Gasteiger partial charge in [-0.05, 0) is 30.5 Å². The molecule has 0 unspecified atom stereocenters. The van der Waals surface area contributed by atoms with Crippen LogP contribution < -0.4 is 15.7 Å². The molecule has 1 aliphatic heterocycles. The molecule has 7 nitrogen and oxygen atoms in total. The summed E-state index contributed by atoms with van der Waals surface area (Å²) in [5.41, 5.74) is 8.95. The fourth-order valence-corrected chi connectivity index (χ4v) is 2.59. The number of hydrogen-bond acceptors (Lipinski definition) is 6. The van der Waals surface area contributed by atoms with Crippen molar-refractivity contribution in [1.29, 1.82) is 0 Å². The van der Waals surface area contributed by atoms with Crippen molar-refractivity contribution < 1.29 is 14.5 Å². The van der Waals surface area contributed by atoms with E-state index in [4.69, 9.17) is 10.3 Å². The lowest BCUT2D eigenvalue weighted by Crippen LogP contribution is -2.47. The largest absolute Gasteiger partial charge is 0.339 e. The van der Waals surface area contributed by atoms with E-state index in [1.165, 1.54) is 0 Å². The molecule has 22 heavy (non-hydrogen) atoms. The number of anilines is 2. The van der Waals surface area contributed by atoms with E-state index in [0.717, 1.165) is 16.8 Å². The second-order valence-corrected chi connectivity index (χ2v) is 5.59.